The molecule has 4 nitrogen and oxygen atoms in total. The molecule has 0 unspecified atom stereocenters. The number of nitrogens with one attached hydrogen (secondary N) is 1. The van der Waals surface area contributed by atoms with Crippen LogP contribution in [0.5, 0.6) is 0 Å². The largest absolute Gasteiger partial charge is 0.310 e. The molecule has 1 aromatic rings. The molecule has 1 N–H and O–H groups in total. The summed E-state index contributed by atoms with van der Waals surface area (Å²) in [6.07, 6.45) is 2.15. The maximum Gasteiger partial charge on any atom is 0.246 e. The maximum atomic E-state index is 14.5. The highest BCUT2D eigenvalue weighted by Gasteiger charge is 2.29. The van der Waals surface area contributed by atoms with Gasteiger partial charge in [0.1, 0.15) is 10.7 Å². The van der Waals surface area contributed by atoms with Gasteiger partial charge < -0.3 is 5.32 Å². The molecule has 0 radical (unpaired) electrons. The minimum atomic E-state index is -3.89. The number of rotatable bonds is 6. The Labute approximate surface area is 130 Å². The van der Waals surface area contributed by atoms with Gasteiger partial charge >= 0.3 is 0 Å². The fourth-order valence-corrected chi connectivity index (χ4v) is 3.71. The van der Waals surface area contributed by atoms with Crippen molar-refractivity contribution < 1.29 is 12.8 Å². The van der Waals surface area contributed by atoms with Crippen LogP contribution >= 0.6 is 11.6 Å². The van der Waals surface area contributed by atoms with Crippen LogP contribution in [0.3, 0.4) is 0 Å². The number of halogens is 2. The first-order chi connectivity index (χ1) is 9.73. The van der Waals surface area contributed by atoms with Crippen molar-refractivity contribution in [1.82, 2.24) is 9.62 Å². The lowest BCUT2D eigenvalue weighted by atomic mass is 10.2. The Morgan fingerprint density at radius 1 is 1.43 bits per heavy atom. The topological polar surface area (TPSA) is 49.4 Å². The molecule has 0 saturated heterocycles. The Kier molecular flexibility index (Phi) is 4.92. The average Bonchev–Trinajstić information content (AvgIpc) is 3.22. The molecule has 0 heterocycles. The van der Waals surface area contributed by atoms with Crippen LogP contribution in [0.15, 0.2) is 17.0 Å². The number of benzene rings is 1. The molecule has 21 heavy (non-hydrogen) atoms. The standard InChI is InChI=1S/C14H20ClFN2O2S/c1-9(2)18(3)21(19,20)13-7-11(15)6-10(14(13)16)8-17-12-4-5-12/h6-7,9,12,17H,4-5,8H2,1-3H3. The zero-order valence-corrected chi connectivity index (χ0v) is 13.9. The highest BCUT2D eigenvalue weighted by atomic mass is 35.5. The van der Waals surface area contributed by atoms with Crippen molar-refractivity contribution in [3.63, 3.8) is 0 Å². The summed E-state index contributed by atoms with van der Waals surface area (Å²) in [7, 11) is -2.46. The minimum Gasteiger partial charge on any atom is -0.310 e. The Bertz CT molecular complexity index is 630. The van der Waals surface area contributed by atoms with E-state index < -0.39 is 15.8 Å². The third-order valence-electron chi connectivity index (χ3n) is 3.62. The highest BCUT2D eigenvalue weighted by Crippen LogP contribution is 2.27. The van der Waals surface area contributed by atoms with Gasteiger partial charge in [-0.25, -0.2) is 12.8 Å². The van der Waals surface area contributed by atoms with Gasteiger partial charge in [-0.3, -0.25) is 0 Å². The predicted octanol–water partition coefficient (Wildman–Crippen LogP) is 2.76. The lowest BCUT2D eigenvalue weighted by Crippen LogP contribution is -2.33. The Balaban J connectivity index is 2.38. The highest BCUT2D eigenvalue weighted by molar-refractivity contribution is 7.89. The molecule has 1 aliphatic carbocycles. The summed E-state index contributed by atoms with van der Waals surface area (Å²) >= 11 is 5.97. The van der Waals surface area contributed by atoms with Crippen molar-refractivity contribution in [3.05, 3.63) is 28.5 Å². The van der Waals surface area contributed by atoms with E-state index in [0.717, 1.165) is 17.1 Å². The van der Waals surface area contributed by atoms with E-state index in [1.54, 1.807) is 13.8 Å². The lowest BCUT2D eigenvalue weighted by molar-refractivity contribution is 0.406. The van der Waals surface area contributed by atoms with Crippen molar-refractivity contribution >= 4 is 21.6 Å². The van der Waals surface area contributed by atoms with Crippen LogP contribution in [0.25, 0.3) is 0 Å². The summed E-state index contributed by atoms with van der Waals surface area (Å²) in [6, 6.07) is 2.79. The molecule has 7 heteroatoms. The number of hydrogen-bond acceptors (Lipinski definition) is 3. The molecule has 0 amide bonds. The molecular weight excluding hydrogens is 315 g/mol. The van der Waals surface area contributed by atoms with Crippen molar-refractivity contribution in [1.29, 1.82) is 0 Å². The van der Waals surface area contributed by atoms with E-state index in [4.69, 9.17) is 11.6 Å². The third-order valence-corrected chi connectivity index (χ3v) is 5.87. The van der Waals surface area contributed by atoms with Gasteiger partial charge in [0.2, 0.25) is 10.0 Å². The average molecular weight is 335 g/mol. The van der Waals surface area contributed by atoms with Crippen LogP contribution in [-0.2, 0) is 16.6 Å². The van der Waals surface area contributed by atoms with E-state index in [1.165, 1.54) is 19.2 Å². The molecule has 0 atom stereocenters. The van der Waals surface area contributed by atoms with Gasteiger partial charge in [0, 0.05) is 36.3 Å². The van der Waals surface area contributed by atoms with Crippen molar-refractivity contribution in [2.75, 3.05) is 7.05 Å². The van der Waals surface area contributed by atoms with Crippen molar-refractivity contribution in [2.45, 2.75) is 50.2 Å². The van der Waals surface area contributed by atoms with Crippen LogP contribution in [0, 0.1) is 5.82 Å². The molecule has 0 aliphatic heterocycles. The van der Waals surface area contributed by atoms with Gasteiger partial charge in [-0.15, -0.1) is 0 Å². The Morgan fingerprint density at radius 2 is 2.05 bits per heavy atom. The summed E-state index contributed by atoms with van der Waals surface area (Å²) in [4.78, 5) is -0.362. The van der Waals surface area contributed by atoms with Crippen LogP contribution in [-0.4, -0.2) is 31.9 Å². The SMILES string of the molecule is CC(C)N(C)S(=O)(=O)c1cc(Cl)cc(CNC2CC2)c1F. The van der Waals surface area contributed by atoms with E-state index in [9.17, 15) is 12.8 Å². The number of hydrogen-bond donors (Lipinski definition) is 1. The number of nitrogens with zero attached hydrogens (tertiary/aromatic N) is 1. The second kappa shape index (κ2) is 6.20. The van der Waals surface area contributed by atoms with E-state index in [2.05, 4.69) is 5.32 Å². The molecular formula is C14H20ClFN2O2S. The third kappa shape index (κ3) is 3.74. The summed E-state index contributed by atoms with van der Waals surface area (Å²) in [5, 5.41) is 3.39. The first-order valence-electron chi connectivity index (χ1n) is 6.93. The zero-order chi connectivity index (χ0) is 15.8. The molecule has 2 rings (SSSR count). The lowest BCUT2D eigenvalue weighted by Gasteiger charge is -2.22. The maximum absolute atomic E-state index is 14.5. The molecule has 118 valence electrons. The summed E-state index contributed by atoms with van der Waals surface area (Å²) in [5.74, 6) is -0.722. The fourth-order valence-electron chi connectivity index (χ4n) is 1.91. The number of sulfonamides is 1. The van der Waals surface area contributed by atoms with Crippen LogP contribution < -0.4 is 5.32 Å². The second-order valence-corrected chi connectivity index (χ2v) is 8.05. The van der Waals surface area contributed by atoms with E-state index in [0.29, 0.717) is 6.04 Å². The fraction of sp³-hybridized carbons (Fsp3) is 0.571. The molecule has 0 spiro atoms. The molecule has 1 fully saturated rings. The monoisotopic (exact) mass is 334 g/mol. The van der Waals surface area contributed by atoms with Crippen LogP contribution in [0.1, 0.15) is 32.3 Å². The minimum absolute atomic E-state index is 0.222. The van der Waals surface area contributed by atoms with Gasteiger partial charge in [-0.2, -0.15) is 4.31 Å². The second-order valence-electron chi connectivity index (χ2n) is 5.65. The quantitative estimate of drug-likeness (QED) is 0.870. The summed E-state index contributed by atoms with van der Waals surface area (Å²) in [5.41, 5.74) is 0.283. The first kappa shape index (κ1) is 16.7. The Morgan fingerprint density at radius 3 is 2.57 bits per heavy atom. The van der Waals surface area contributed by atoms with Crippen molar-refractivity contribution in [3.8, 4) is 0 Å². The molecule has 0 aromatic heterocycles. The molecule has 1 saturated carbocycles. The van der Waals surface area contributed by atoms with E-state index in [1.807, 2.05) is 0 Å². The Hall–Kier alpha value is -0.690. The first-order valence-corrected chi connectivity index (χ1v) is 8.74. The van der Waals surface area contributed by atoms with Gasteiger partial charge in [-0.1, -0.05) is 11.6 Å². The van der Waals surface area contributed by atoms with Crippen LogP contribution in [0.2, 0.25) is 5.02 Å². The zero-order valence-electron chi connectivity index (χ0n) is 12.4. The normalized spacial score (nSPS) is 16.0. The summed E-state index contributed by atoms with van der Waals surface area (Å²) < 4.78 is 40.6. The predicted molar refractivity (Wildman–Crippen MR) is 81.4 cm³/mol. The van der Waals surface area contributed by atoms with Crippen LogP contribution in [0.4, 0.5) is 4.39 Å². The van der Waals surface area contributed by atoms with Gasteiger partial charge in [-0.05, 0) is 38.8 Å². The van der Waals surface area contributed by atoms with E-state index >= 15 is 0 Å². The van der Waals surface area contributed by atoms with E-state index in [-0.39, 0.29) is 28.1 Å². The van der Waals surface area contributed by atoms with Crippen molar-refractivity contribution in [2.24, 2.45) is 0 Å². The smallest absolute Gasteiger partial charge is 0.246 e. The van der Waals surface area contributed by atoms with Gasteiger partial charge in [0.25, 0.3) is 0 Å². The molecule has 0 bridgehead atoms. The van der Waals surface area contributed by atoms with Gasteiger partial charge in [0.15, 0.2) is 0 Å². The molecule has 1 aromatic carbocycles. The van der Waals surface area contributed by atoms with Gasteiger partial charge in [0.05, 0.1) is 0 Å². The summed E-state index contributed by atoms with van der Waals surface area (Å²) in [6.45, 7) is 3.75. The molecule has 1 aliphatic rings.